The van der Waals surface area contributed by atoms with Crippen LogP contribution in [-0.4, -0.2) is 43.4 Å². The van der Waals surface area contributed by atoms with Crippen molar-refractivity contribution in [3.63, 3.8) is 0 Å². The van der Waals surface area contributed by atoms with Crippen molar-refractivity contribution in [1.29, 1.82) is 0 Å². The summed E-state index contributed by atoms with van der Waals surface area (Å²) in [6.07, 6.45) is 7.38. The Balaban J connectivity index is 2.24. The summed E-state index contributed by atoms with van der Waals surface area (Å²) in [5, 5.41) is 0. The summed E-state index contributed by atoms with van der Waals surface area (Å²) in [6.45, 7) is 6.64. The molecule has 0 N–H and O–H groups in total. The molecule has 1 amide bonds. The highest BCUT2D eigenvalue weighted by Gasteiger charge is 2.27. The minimum Gasteiger partial charge on any atom is -0.353 e. The Hall–Kier alpha value is -1.05. The average molecular weight is 253 g/mol. The van der Waals surface area contributed by atoms with Gasteiger partial charge in [-0.3, -0.25) is 4.79 Å². The molecule has 1 rings (SSSR count). The lowest BCUT2D eigenvalue weighted by molar-refractivity contribution is -0.141. The van der Waals surface area contributed by atoms with Crippen LogP contribution in [0, 0.1) is 18.3 Å². The van der Waals surface area contributed by atoms with Gasteiger partial charge >= 0.3 is 0 Å². The molecular weight excluding hydrogens is 230 g/mol. The smallest absolute Gasteiger partial charge is 0.223 e. The predicted octanol–water partition coefficient (Wildman–Crippen LogP) is 1.65. The van der Waals surface area contributed by atoms with Crippen molar-refractivity contribution in [3.8, 4) is 12.3 Å². The first-order valence-electron chi connectivity index (χ1n) is 6.68. The van der Waals surface area contributed by atoms with Crippen LogP contribution in [0.1, 0.15) is 33.1 Å². The molecule has 1 aliphatic rings. The fraction of sp³-hybridized carbons (Fsp3) is 0.786. The van der Waals surface area contributed by atoms with Crippen LogP contribution in [0.15, 0.2) is 0 Å². The third-order valence-electron chi connectivity index (χ3n) is 3.02. The number of rotatable bonds is 8. The van der Waals surface area contributed by atoms with Crippen LogP contribution in [0.25, 0.3) is 0 Å². The molecule has 4 nitrogen and oxygen atoms in total. The Morgan fingerprint density at radius 1 is 1.44 bits per heavy atom. The van der Waals surface area contributed by atoms with Gasteiger partial charge in [-0.1, -0.05) is 0 Å². The number of nitrogens with zero attached hydrogens (tertiary/aromatic N) is 1. The fourth-order valence-corrected chi connectivity index (χ4v) is 2.14. The van der Waals surface area contributed by atoms with E-state index in [1.807, 2.05) is 18.7 Å². The number of amides is 1. The maximum absolute atomic E-state index is 11.6. The summed E-state index contributed by atoms with van der Waals surface area (Å²) < 4.78 is 10.9. The Labute approximate surface area is 110 Å². The van der Waals surface area contributed by atoms with Gasteiger partial charge in [-0.25, -0.2) is 0 Å². The van der Waals surface area contributed by atoms with Crippen LogP contribution in [0.3, 0.4) is 0 Å². The van der Waals surface area contributed by atoms with Crippen molar-refractivity contribution in [2.45, 2.75) is 39.4 Å². The molecule has 0 aromatic rings. The molecule has 18 heavy (non-hydrogen) atoms. The van der Waals surface area contributed by atoms with E-state index in [1.54, 1.807) is 0 Å². The second-order valence-corrected chi connectivity index (χ2v) is 4.39. The van der Waals surface area contributed by atoms with Gasteiger partial charge in [0.15, 0.2) is 6.29 Å². The van der Waals surface area contributed by atoms with Crippen molar-refractivity contribution in [1.82, 2.24) is 4.90 Å². The average Bonchev–Trinajstić information content (AvgIpc) is 2.71. The zero-order valence-corrected chi connectivity index (χ0v) is 11.4. The first kappa shape index (κ1) is 15.0. The highest BCUT2D eigenvalue weighted by Crippen LogP contribution is 2.17. The summed E-state index contributed by atoms with van der Waals surface area (Å²) in [6, 6.07) is 0. The van der Waals surface area contributed by atoms with Crippen molar-refractivity contribution in [2.24, 2.45) is 5.92 Å². The van der Waals surface area contributed by atoms with Crippen LogP contribution in [0.5, 0.6) is 0 Å². The number of hydrogen-bond donors (Lipinski definition) is 0. The Morgan fingerprint density at radius 2 is 2.11 bits per heavy atom. The third-order valence-corrected chi connectivity index (χ3v) is 3.02. The van der Waals surface area contributed by atoms with E-state index in [0.29, 0.717) is 26.2 Å². The second-order valence-electron chi connectivity index (χ2n) is 4.39. The summed E-state index contributed by atoms with van der Waals surface area (Å²) in [7, 11) is 0. The minimum atomic E-state index is -0.152. The first-order valence-corrected chi connectivity index (χ1v) is 6.68. The molecule has 1 fully saturated rings. The van der Waals surface area contributed by atoms with E-state index in [-0.39, 0.29) is 18.1 Å². The number of hydrogen-bond acceptors (Lipinski definition) is 3. The molecule has 0 bridgehead atoms. The molecule has 1 saturated heterocycles. The normalized spacial score (nSPS) is 19.6. The summed E-state index contributed by atoms with van der Waals surface area (Å²) in [4.78, 5) is 13.5. The molecule has 0 saturated carbocycles. The minimum absolute atomic E-state index is 0.0899. The largest absolute Gasteiger partial charge is 0.353 e. The molecule has 0 aliphatic carbocycles. The molecule has 102 valence electrons. The van der Waals surface area contributed by atoms with Crippen molar-refractivity contribution >= 4 is 5.91 Å². The van der Waals surface area contributed by atoms with Gasteiger partial charge in [0.2, 0.25) is 5.91 Å². The van der Waals surface area contributed by atoms with Crippen LogP contribution >= 0.6 is 0 Å². The maximum atomic E-state index is 11.6. The van der Waals surface area contributed by atoms with Gasteiger partial charge in [0.1, 0.15) is 0 Å². The van der Waals surface area contributed by atoms with E-state index in [4.69, 9.17) is 15.9 Å². The number of terminal acetylenes is 1. The number of carbonyl (C=O) groups is 1. The van der Waals surface area contributed by atoms with Gasteiger partial charge < -0.3 is 14.4 Å². The molecular formula is C14H23NO3. The predicted molar refractivity (Wildman–Crippen MR) is 69.8 cm³/mol. The Morgan fingerprint density at radius 3 is 2.61 bits per heavy atom. The van der Waals surface area contributed by atoms with Gasteiger partial charge in [-0.2, -0.15) is 0 Å². The lowest BCUT2D eigenvalue weighted by atomic mass is 10.1. The van der Waals surface area contributed by atoms with E-state index in [1.165, 1.54) is 0 Å². The van der Waals surface area contributed by atoms with E-state index in [9.17, 15) is 4.79 Å². The van der Waals surface area contributed by atoms with E-state index in [2.05, 4.69) is 5.92 Å². The zero-order chi connectivity index (χ0) is 13.4. The number of carbonyl (C=O) groups excluding carboxylic acids is 1. The van der Waals surface area contributed by atoms with E-state index in [0.717, 1.165) is 19.4 Å². The molecule has 1 unspecified atom stereocenters. The highest BCUT2D eigenvalue weighted by molar-refractivity contribution is 5.79. The summed E-state index contributed by atoms with van der Waals surface area (Å²) in [5.41, 5.74) is 0. The summed E-state index contributed by atoms with van der Waals surface area (Å²) in [5.74, 6) is 2.91. The molecule has 0 spiro atoms. The molecule has 0 radical (unpaired) electrons. The fourth-order valence-electron chi connectivity index (χ4n) is 2.14. The molecule has 1 atom stereocenters. The Kier molecular flexibility index (Phi) is 6.77. The quantitative estimate of drug-likeness (QED) is 0.487. The van der Waals surface area contributed by atoms with Gasteiger partial charge in [-0.05, 0) is 20.3 Å². The van der Waals surface area contributed by atoms with Gasteiger partial charge in [0.05, 0.1) is 0 Å². The monoisotopic (exact) mass is 253 g/mol. The highest BCUT2D eigenvalue weighted by atomic mass is 16.7. The molecule has 1 heterocycles. The molecule has 4 heteroatoms. The lowest BCUT2D eigenvalue weighted by Crippen LogP contribution is -2.27. The van der Waals surface area contributed by atoms with Crippen LogP contribution in [0.4, 0.5) is 0 Å². The van der Waals surface area contributed by atoms with Crippen LogP contribution < -0.4 is 0 Å². The van der Waals surface area contributed by atoms with Gasteiger partial charge in [0.25, 0.3) is 0 Å². The SMILES string of the molecule is C#CC1CC(=O)N(CCCC(OCC)OCC)C1. The molecule has 0 aromatic carbocycles. The summed E-state index contributed by atoms with van der Waals surface area (Å²) >= 11 is 0. The van der Waals surface area contributed by atoms with Crippen molar-refractivity contribution in [2.75, 3.05) is 26.3 Å². The van der Waals surface area contributed by atoms with Crippen molar-refractivity contribution in [3.05, 3.63) is 0 Å². The van der Waals surface area contributed by atoms with Crippen molar-refractivity contribution < 1.29 is 14.3 Å². The topological polar surface area (TPSA) is 38.8 Å². The van der Waals surface area contributed by atoms with Gasteiger partial charge in [0, 0.05) is 45.1 Å². The molecule has 1 aliphatic heterocycles. The lowest BCUT2D eigenvalue weighted by Gasteiger charge is -2.19. The number of likely N-dealkylation sites (tertiary alicyclic amines) is 1. The van der Waals surface area contributed by atoms with Crippen LogP contribution in [0.2, 0.25) is 0 Å². The zero-order valence-electron chi connectivity index (χ0n) is 11.4. The Bertz CT molecular complexity index is 292. The molecule has 0 aromatic heterocycles. The van der Waals surface area contributed by atoms with E-state index < -0.39 is 0 Å². The standard InChI is InChI=1S/C14H23NO3/c1-4-12-10-13(16)15(11-12)9-7-8-14(17-5-2)18-6-3/h1,12,14H,5-11H2,2-3H3. The first-order chi connectivity index (χ1) is 8.71. The third kappa shape index (κ3) is 4.67. The van der Waals surface area contributed by atoms with E-state index >= 15 is 0 Å². The van der Waals surface area contributed by atoms with Gasteiger partial charge in [-0.15, -0.1) is 12.3 Å². The van der Waals surface area contributed by atoms with Crippen LogP contribution in [-0.2, 0) is 14.3 Å². The number of ether oxygens (including phenoxy) is 2. The second kappa shape index (κ2) is 8.12. The maximum Gasteiger partial charge on any atom is 0.223 e.